The lowest BCUT2D eigenvalue weighted by Gasteiger charge is -2.26. The molecule has 1 fully saturated rings. The molecule has 3 heteroatoms. The number of amides is 1. The number of aryl methyl sites for hydroxylation is 1. The summed E-state index contributed by atoms with van der Waals surface area (Å²) in [5.74, 6) is 0.984. The molecule has 3 nitrogen and oxygen atoms in total. The minimum atomic E-state index is 0.138. The molecule has 1 aliphatic carbocycles. The van der Waals surface area contributed by atoms with E-state index < -0.39 is 0 Å². The molecule has 0 heterocycles. The van der Waals surface area contributed by atoms with Gasteiger partial charge in [-0.05, 0) is 50.8 Å². The Morgan fingerprint density at radius 2 is 2.00 bits per heavy atom. The molecule has 0 bridgehead atoms. The summed E-state index contributed by atoms with van der Waals surface area (Å²) in [6, 6.07) is 8.17. The molecule has 1 aromatic rings. The van der Waals surface area contributed by atoms with Crippen LogP contribution in [0.25, 0.3) is 0 Å². The standard InChI is InChI=1S/C16H24N2O/c1-12-4-8-15(9-5-12)18(11-3-10-17)16(19)13(2)14-6-7-14/h4-5,8-9,13-14H,3,6-7,10-11,17H2,1-2H3. The molecule has 2 N–H and O–H groups in total. The van der Waals surface area contributed by atoms with E-state index >= 15 is 0 Å². The van der Waals surface area contributed by atoms with Crippen LogP contribution in [0.2, 0.25) is 0 Å². The van der Waals surface area contributed by atoms with Crippen LogP contribution < -0.4 is 10.6 Å². The first-order valence-corrected chi connectivity index (χ1v) is 7.21. The van der Waals surface area contributed by atoms with Gasteiger partial charge in [0.2, 0.25) is 5.91 Å². The van der Waals surface area contributed by atoms with E-state index in [9.17, 15) is 4.79 Å². The maximum atomic E-state index is 12.6. The highest BCUT2D eigenvalue weighted by molar-refractivity contribution is 5.95. The van der Waals surface area contributed by atoms with Gasteiger partial charge < -0.3 is 10.6 Å². The zero-order chi connectivity index (χ0) is 13.8. The Labute approximate surface area is 115 Å². The fraction of sp³-hybridized carbons (Fsp3) is 0.562. The highest BCUT2D eigenvalue weighted by Gasteiger charge is 2.35. The van der Waals surface area contributed by atoms with Crippen molar-refractivity contribution in [1.82, 2.24) is 0 Å². The van der Waals surface area contributed by atoms with E-state index in [4.69, 9.17) is 5.73 Å². The lowest BCUT2D eigenvalue weighted by atomic mass is 10.0. The molecule has 0 spiro atoms. The van der Waals surface area contributed by atoms with Crippen LogP contribution in [0.3, 0.4) is 0 Å². The van der Waals surface area contributed by atoms with Crippen LogP contribution in [0, 0.1) is 18.8 Å². The molecule has 104 valence electrons. The lowest BCUT2D eigenvalue weighted by Crippen LogP contribution is -2.37. The van der Waals surface area contributed by atoms with E-state index in [1.54, 1.807) is 0 Å². The molecule has 1 aromatic carbocycles. The van der Waals surface area contributed by atoms with Gasteiger partial charge in [0.25, 0.3) is 0 Å². The van der Waals surface area contributed by atoms with Gasteiger partial charge in [-0.2, -0.15) is 0 Å². The summed E-state index contributed by atoms with van der Waals surface area (Å²) in [6.45, 7) is 5.45. The number of benzene rings is 1. The molecular weight excluding hydrogens is 236 g/mol. The number of hydrogen-bond acceptors (Lipinski definition) is 2. The molecule has 1 amide bonds. The first kappa shape index (κ1) is 14.1. The third-order valence-electron chi connectivity index (χ3n) is 3.92. The molecule has 1 unspecified atom stereocenters. The first-order valence-electron chi connectivity index (χ1n) is 7.21. The van der Waals surface area contributed by atoms with Gasteiger partial charge in [0.1, 0.15) is 0 Å². The Hall–Kier alpha value is -1.35. The van der Waals surface area contributed by atoms with Gasteiger partial charge in [0.15, 0.2) is 0 Å². The van der Waals surface area contributed by atoms with Crippen molar-refractivity contribution in [3.63, 3.8) is 0 Å². The van der Waals surface area contributed by atoms with Crippen molar-refractivity contribution < 1.29 is 4.79 Å². The Kier molecular flexibility index (Phi) is 4.59. The molecule has 1 saturated carbocycles. The van der Waals surface area contributed by atoms with Crippen molar-refractivity contribution >= 4 is 11.6 Å². The van der Waals surface area contributed by atoms with Crippen LogP contribution in [-0.2, 0) is 4.79 Å². The Bertz CT molecular complexity index is 423. The smallest absolute Gasteiger partial charge is 0.230 e. The van der Waals surface area contributed by atoms with E-state index in [0.29, 0.717) is 12.5 Å². The summed E-state index contributed by atoms with van der Waals surface area (Å²) >= 11 is 0. The van der Waals surface area contributed by atoms with Crippen LogP contribution in [0.15, 0.2) is 24.3 Å². The second-order valence-corrected chi connectivity index (χ2v) is 5.59. The average molecular weight is 260 g/mol. The van der Waals surface area contributed by atoms with E-state index in [1.807, 2.05) is 17.0 Å². The highest BCUT2D eigenvalue weighted by atomic mass is 16.2. The second-order valence-electron chi connectivity index (χ2n) is 5.59. The zero-order valence-corrected chi connectivity index (χ0v) is 11.9. The van der Waals surface area contributed by atoms with Gasteiger partial charge >= 0.3 is 0 Å². The maximum absolute atomic E-state index is 12.6. The number of carbonyl (C=O) groups excluding carboxylic acids is 1. The number of anilines is 1. The second kappa shape index (κ2) is 6.20. The van der Waals surface area contributed by atoms with Crippen LogP contribution in [0.5, 0.6) is 0 Å². The van der Waals surface area contributed by atoms with Crippen LogP contribution in [-0.4, -0.2) is 19.0 Å². The number of hydrogen-bond donors (Lipinski definition) is 1. The molecule has 0 aromatic heterocycles. The molecule has 19 heavy (non-hydrogen) atoms. The predicted octanol–water partition coefficient (Wildman–Crippen LogP) is 2.72. The summed E-state index contributed by atoms with van der Waals surface area (Å²) in [5.41, 5.74) is 7.80. The van der Waals surface area contributed by atoms with Crippen LogP contribution in [0.4, 0.5) is 5.69 Å². The van der Waals surface area contributed by atoms with Crippen molar-refractivity contribution in [2.24, 2.45) is 17.6 Å². The van der Waals surface area contributed by atoms with Gasteiger partial charge in [-0.1, -0.05) is 24.6 Å². The zero-order valence-electron chi connectivity index (χ0n) is 11.9. The van der Waals surface area contributed by atoms with E-state index in [1.165, 1.54) is 18.4 Å². The molecule has 1 aliphatic rings. The van der Waals surface area contributed by atoms with Crippen molar-refractivity contribution in [3.8, 4) is 0 Å². The quantitative estimate of drug-likeness (QED) is 0.855. The van der Waals surface area contributed by atoms with Crippen molar-refractivity contribution in [2.45, 2.75) is 33.1 Å². The summed E-state index contributed by atoms with van der Waals surface area (Å²) in [5, 5.41) is 0. The number of nitrogens with two attached hydrogens (primary N) is 1. The molecular formula is C16H24N2O. The topological polar surface area (TPSA) is 46.3 Å². The molecule has 0 saturated heterocycles. The fourth-order valence-electron chi connectivity index (χ4n) is 2.38. The summed E-state index contributed by atoms with van der Waals surface area (Å²) < 4.78 is 0. The normalized spacial score (nSPS) is 16.2. The third kappa shape index (κ3) is 3.57. The Morgan fingerprint density at radius 1 is 1.37 bits per heavy atom. The lowest BCUT2D eigenvalue weighted by molar-refractivity contribution is -0.122. The number of rotatable bonds is 6. The maximum Gasteiger partial charge on any atom is 0.230 e. The molecule has 0 aliphatic heterocycles. The number of nitrogens with zero attached hydrogens (tertiary/aromatic N) is 1. The van der Waals surface area contributed by atoms with Gasteiger partial charge in [0.05, 0.1) is 0 Å². The summed E-state index contributed by atoms with van der Waals surface area (Å²) in [6.07, 6.45) is 3.24. The Balaban J connectivity index is 2.14. The summed E-state index contributed by atoms with van der Waals surface area (Å²) in [7, 11) is 0. The van der Waals surface area contributed by atoms with Gasteiger partial charge in [-0.3, -0.25) is 4.79 Å². The summed E-state index contributed by atoms with van der Waals surface area (Å²) in [4.78, 5) is 14.5. The largest absolute Gasteiger partial charge is 0.330 e. The molecule has 0 radical (unpaired) electrons. The van der Waals surface area contributed by atoms with Crippen LogP contribution in [0.1, 0.15) is 31.7 Å². The minimum Gasteiger partial charge on any atom is -0.330 e. The van der Waals surface area contributed by atoms with E-state index in [0.717, 1.165) is 18.7 Å². The minimum absolute atomic E-state index is 0.138. The van der Waals surface area contributed by atoms with Crippen molar-refractivity contribution in [3.05, 3.63) is 29.8 Å². The predicted molar refractivity (Wildman–Crippen MR) is 79.1 cm³/mol. The molecule has 2 rings (SSSR count). The number of carbonyl (C=O) groups is 1. The first-order chi connectivity index (χ1) is 9.13. The van der Waals surface area contributed by atoms with Gasteiger partial charge in [-0.15, -0.1) is 0 Å². The van der Waals surface area contributed by atoms with Crippen molar-refractivity contribution in [1.29, 1.82) is 0 Å². The average Bonchev–Trinajstić information content (AvgIpc) is 3.24. The monoisotopic (exact) mass is 260 g/mol. The molecule has 1 atom stereocenters. The van der Waals surface area contributed by atoms with Crippen LogP contribution >= 0.6 is 0 Å². The van der Waals surface area contributed by atoms with Gasteiger partial charge in [0, 0.05) is 18.2 Å². The highest BCUT2D eigenvalue weighted by Crippen LogP contribution is 2.38. The van der Waals surface area contributed by atoms with Crippen molar-refractivity contribution in [2.75, 3.05) is 18.0 Å². The Morgan fingerprint density at radius 3 is 2.53 bits per heavy atom. The van der Waals surface area contributed by atoms with E-state index in [-0.39, 0.29) is 11.8 Å². The van der Waals surface area contributed by atoms with Gasteiger partial charge in [-0.25, -0.2) is 0 Å². The fourth-order valence-corrected chi connectivity index (χ4v) is 2.38. The third-order valence-corrected chi connectivity index (χ3v) is 3.92. The SMILES string of the molecule is Cc1ccc(N(CCCN)C(=O)C(C)C2CC2)cc1. The van der Waals surface area contributed by atoms with E-state index in [2.05, 4.69) is 26.0 Å².